The van der Waals surface area contributed by atoms with Crippen molar-refractivity contribution in [2.75, 3.05) is 38.0 Å². The number of anilines is 1. The first kappa shape index (κ1) is 23.2. The van der Waals surface area contributed by atoms with Crippen LogP contribution in [-0.2, 0) is 9.59 Å². The second kappa shape index (κ2) is 10.4. The van der Waals surface area contributed by atoms with Crippen molar-refractivity contribution >= 4 is 29.4 Å². The zero-order valence-corrected chi connectivity index (χ0v) is 19.5. The van der Waals surface area contributed by atoms with Gasteiger partial charge in [-0.05, 0) is 23.8 Å². The lowest BCUT2D eigenvalue weighted by Gasteiger charge is -2.34. The second-order valence-corrected chi connectivity index (χ2v) is 8.40. The number of piperazine rings is 1. The molecule has 2 aromatic carbocycles. The summed E-state index contributed by atoms with van der Waals surface area (Å²) in [7, 11) is 0. The van der Waals surface area contributed by atoms with Gasteiger partial charge in [0.1, 0.15) is 17.3 Å². The fourth-order valence-electron chi connectivity index (χ4n) is 4.20. The SMILES string of the molecule is O=C(/C=C/c1ccccc1)N1CCN(C(=O)CNc2c(-c3ccccc3F)nc3cnccn23)CC1. The molecular formula is C27H25FN6O2. The summed E-state index contributed by atoms with van der Waals surface area (Å²) in [4.78, 5) is 37.6. The van der Waals surface area contributed by atoms with Crippen LogP contribution in [0.5, 0.6) is 0 Å². The number of aromatic nitrogens is 3. The van der Waals surface area contributed by atoms with E-state index >= 15 is 0 Å². The number of hydrogen-bond donors (Lipinski definition) is 1. The number of benzene rings is 2. The standard InChI is InChI=1S/C27H25FN6O2/c28-22-9-5-4-8-21(22)26-27(34-13-12-29-18-23(34)31-26)30-19-25(36)33-16-14-32(15-17-33)24(35)11-10-20-6-2-1-3-7-20/h1-13,18,30H,14-17,19H2/b11-10+. The van der Waals surface area contributed by atoms with Gasteiger partial charge < -0.3 is 15.1 Å². The van der Waals surface area contributed by atoms with E-state index in [2.05, 4.69) is 15.3 Å². The maximum atomic E-state index is 14.5. The van der Waals surface area contributed by atoms with Crippen LogP contribution >= 0.6 is 0 Å². The van der Waals surface area contributed by atoms with E-state index in [1.807, 2.05) is 30.3 Å². The Bertz CT molecular complexity index is 1410. The normalized spacial score (nSPS) is 13.9. The lowest BCUT2D eigenvalue weighted by Crippen LogP contribution is -2.51. The second-order valence-electron chi connectivity index (χ2n) is 8.40. The Labute approximate surface area is 207 Å². The van der Waals surface area contributed by atoms with Gasteiger partial charge in [0.05, 0.1) is 12.7 Å². The molecule has 1 fully saturated rings. The summed E-state index contributed by atoms with van der Waals surface area (Å²) >= 11 is 0. The summed E-state index contributed by atoms with van der Waals surface area (Å²) in [5.74, 6) is -0.0561. The van der Waals surface area contributed by atoms with E-state index in [1.165, 1.54) is 6.07 Å². The average molecular weight is 485 g/mol. The molecular weight excluding hydrogens is 459 g/mol. The van der Waals surface area contributed by atoms with Crippen molar-refractivity contribution in [3.8, 4) is 11.3 Å². The van der Waals surface area contributed by atoms with Gasteiger partial charge in [-0.3, -0.25) is 19.0 Å². The molecule has 5 rings (SSSR count). The zero-order chi connectivity index (χ0) is 24.9. The first-order chi connectivity index (χ1) is 17.6. The summed E-state index contributed by atoms with van der Waals surface area (Å²) in [6.07, 6.45) is 8.27. The number of nitrogens with one attached hydrogen (secondary N) is 1. The Hall–Kier alpha value is -4.53. The van der Waals surface area contributed by atoms with E-state index in [4.69, 9.17) is 0 Å². The number of rotatable bonds is 6. The molecule has 1 aliphatic heterocycles. The highest BCUT2D eigenvalue weighted by Crippen LogP contribution is 2.30. The van der Waals surface area contributed by atoms with Crippen LogP contribution in [-0.4, -0.2) is 68.7 Å². The monoisotopic (exact) mass is 484 g/mol. The smallest absolute Gasteiger partial charge is 0.246 e. The number of halogens is 1. The molecule has 0 radical (unpaired) electrons. The van der Waals surface area contributed by atoms with Crippen molar-refractivity contribution in [3.05, 3.63) is 90.6 Å². The summed E-state index contributed by atoms with van der Waals surface area (Å²) in [6.45, 7) is 1.84. The van der Waals surface area contributed by atoms with E-state index < -0.39 is 5.82 Å². The molecule has 1 aliphatic rings. The van der Waals surface area contributed by atoms with E-state index in [9.17, 15) is 14.0 Å². The molecule has 0 unspecified atom stereocenters. The summed E-state index contributed by atoms with van der Waals surface area (Å²) in [5.41, 5.74) is 2.26. The first-order valence-electron chi connectivity index (χ1n) is 11.7. The van der Waals surface area contributed by atoms with Crippen LogP contribution in [0.1, 0.15) is 5.56 Å². The minimum atomic E-state index is -0.398. The van der Waals surface area contributed by atoms with Crippen LogP contribution in [0.3, 0.4) is 0 Å². The van der Waals surface area contributed by atoms with Crippen molar-refractivity contribution in [1.29, 1.82) is 0 Å². The highest BCUT2D eigenvalue weighted by Gasteiger charge is 2.24. The Kier molecular flexibility index (Phi) is 6.70. The Balaban J connectivity index is 1.22. The number of carbonyl (C=O) groups excluding carboxylic acids is 2. The largest absolute Gasteiger partial charge is 0.360 e. The molecule has 1 saturated heterocycles. The number of fused-ring (bicyclic) bond motifs is 1. The van der Waals surface area contributed by atoms with Crippen LogP contribution in [0, 0.1) is 5.82 Å². The van der Waals surface area contributed by atoms with Crippen molar-refractivity contribution in [1.82, 2.24) is 24.2 Å². The van der Waals surface area contributed by atoms with E-state index in [0.717, 1.165) is 5.56 Å². The predicted molar refractivity (Wildman–Crippen MR) is 136 cm³/mol. The van der Waals surface area contributed by atoms with Gasteiger partial charge in [0.2, 0.25) is 11.8 Å². The Morgan fingerprint density at radius 2 is 1.69 bits per heavy atom. The fraction of sp³-hybridized carbons (Fsp3) is 0.185. The number of amides is 2. The third-order valence-corrected chi connectivity index (χ3v) is 6.13. The molecule has 0 saturated carbocycles. The van der Waals surface area contributed by atoms with Crippen molar-refractivity contribution in [2.45, 2.75) is 0 Å². The Morgan fingerprint density at radius 3 is 2.47 bits per heavy atom. The number of nitrogens with zero attached hydrogens (tertiary/aromatic N) is 5. The maximum Gasteiger partial charge on any atom is 0.246 e. The van der Waals surface area contributed by atoms with Crippen molar-refractivity contribution < 1.29 is 14.0 Å². The molecule has 2 amide bonds. The highest BCUT2D eigenvalue weighted by molar-refractivity contribution is 5.92. The van der Waals surface area contributed by atoms with E-state index in [1.54, 1.807) is 63.1 Å². The first-order valence-corrected chi connectivity index (χ1v) is 11.7. The lowest BCUT2D eigenvalue weighted by molar-refractivity contribution is -0.135. The highest BCUT2D eigenvalue weighted by atomic mass is 19.1. The molecule has 0 bridgehead atoms. The zero-order valence-electron chi connectivity index (χ0n) is 19.5. The van der Waals surface area contributed by atoms with Crippen LogP contribution in [0.4, 0.5) is 10.2 Å². The quantitative estimate of drug-likeness (QED) is 0.425. The Morgan fingerprint density at radius 1 is 0.972 bits per heavy atom. The van der Waals surface area contributed by atoms with E-state index in [0.29, 0.717) is 48.9 Å². The van der Waals surface area contributed by atoms with Gasteiger partial charge in [-0.15, -0.1) is 0 Å². The van der Waals surface area contributed by atoms with Crippen LogP contribution in [0.25, 0.3) is 23.0 Å². The maximum absolute atomic E-state index is 14.5. The number of hydrogen-bond acceptors (Lipinski definition) is 5. The van der Waals surface area contributed by atoms with Gasteiger partial charge in [-0.1, -0.05) is 42.5 Å². The summed E-state index contributed by atoms with van der Waals surface area (Å²) in [5, 5.41) is 3.15. The van der Waals surface area contributed by atoms with Crippen LogP contribution in [0.15, 0.2) is 79.3 Å². The minimum absolute atomic E-state index is 0.0133. The molecule has 4 aromatic rings. The van der Waals surface area contributed by atoms with Gasteiger partial charge >= 0.3 is 0 Å². The van der Waals surface area contributed by atoms with Crippen molar-refractivity contribution in [3.63, 3.8) is 0 Å². The summed E-state index contributed by atoms with van der Waals surface area (Å²) in [6, 6.07) is 16.0. The van der Waals surface area contributed by atoms with Gasteiger partial charge in [-0.2, -0.15) is 0 Å². The van der Waals surface area contributed by atoms with Crippen molar-refractivity contribution in [2.24, 2.45) is 0 Å². The molecule has 9 heteroatoms. The van der Waals surface area contributed by atoms with Gasteiger partial charge in [0.25, 0.3) is 0 Å². The minimum Gasteiger partial charge on any atom is -0.360 e. The van der Waals surface area contributed by atoms with Gasteiger partial charge in [0, 0.05) is 50.2 Å². The number of imidazole rings is 1. The van der Waals surface area contributed by atoms with Gasteiger partial charge in [0.15, 0.2) is 5.65 Å². The molecule has 8 nitrogen and oxygen atoms in total. The molecule has 182 valence electrons. The third-order valence-electron chi connectivity index (χ3n) is 6.13. The third kappa shape index (κ3) is 4.95. The van der Waals surface area contributed by atoms with E-state index in [-0.39, 0.29) is 18.4 Å². The van der Waals surface area contributed by atoms with Crippen LogP contribution < -0.4 is 5.32 Å². The molecule has 3 heterocycles. The molecule has 1 N–H and O–H groups in total. The molecule has 2 aromatic heterocycles. The molecule has 0 aliphatic carbocycles. The molecule has 36 heavy (non-hydrogen) atoms. The van der Waals surface area contributed by atoms with Gasteiger partial charge in [-0.25, -0.2) is 9.37 Å². The lowest BCUT2D eigenvalue weighted by atomic mass is 10.1. The summed E-state index contributed by atoms with van der Waals surface area (Å²) < 4.78 is 16.3. The predicted octanol–water partition coefficient (Wildman–Crippen LogP) is 3.33. The topological polar surface area (TPSA) is 82.8 Å². The number of carbonyl (C=O) groups is 2. The molecule has 0 spiro atoms. The average Bonchev–Trinajstić information content (AvgIpc) is 3.29. The van der Waals surface area contributed by atoms with Crippen LogP contribution in [0.2, 0.25) is 0 Å². The fourth-order valence-corrected chi connectivity index (χ4v) is 4.20. The molecule has 0 atom stereocenters.